The minimum atomic E-state index is -1.82. The van der Waals surface area contributed by atoms with Gasteiger partial charge < -0.3 is 4.80 Å². The maximum Gasteiger partial charge on any atom is 0.186 e. The van der Waals surface area contributed by atoms with Crippen molar-refractivity contribution in [3.05, 3.63) is 12.2 Å². The molecule has 0 saturated heterocycles. The van der Waals surface area contributed by atoms with Crippen LogP contribution in [-0.4, -0.2) is 13.1 Å². The van der Waals surface area contributed by atoms with Crippen molar-refractivity contribution in [2.75, 3.05) is 0 Å². The highest BCUT2D eigenvalue weighted by Gasteiger charge is 2.15. The maximum atomic E-state index is 9.27. The molecule has 0 amide bonds. The summed E-state index contributed by atoms with van der Waals surface area (Å²) in [5.74, 6) is 0. The van der Waals surface area contributed by atoms with E-state index in [1.54, 1.807) is 0 Å². The van der Waals surface area contributed by atoms with E-state index in [0.29, 0.717) is 0 Å². The molecule has 0 saturated carbocycles. The second-order valence-corrected chi connectivity index (χ2v) is 6.92. The minimum absolute atomic E-state index is 0.826. The van der Waals surface area contributed by atoms with Crippen molar-refractivity contribution in [3.63, 3.8) is 0 Å². The van der Waals surface area contributed by atoms with Gasteiger partial charge in [-0.05, 0) is 26.1 Å². The molecular formula is C6H14OSi. The number of allylic oxidation sites excluding steroid dienone is 1. The molecule has 0 bridgehead atoms. The Bertz CT molecular complexity index is 91.2. The number of rotatable bonds is 2. The van der Waals surface area contributed by atoms with Gasteiger partial charge in [-0.3, -0.25) is 0 Å². The Hall–Kier alpha value is -0.0831. The first-order valence-electron chi connectivity index (χ1n) is 2.78. The van der Waals surface area contributed by atoms with Gasteiger partial charge in [-0.1, -0.05) is 5.57 Å². The molecule has 0 atom stereocenters. The Morgan fingerprint density at radius 3 is 2.00 bits per heavy atom. The van der Waals surface area contributed by atoms with E-state index >= 15 is 0 Å². The van der Waals surface area contributed by atoms with E-state index < -0.39 is 8.32 Å². The molecule has 8 heavy (non-hydrogen) atoms. The maximum absolute atomic E-state index is 9.27. The minimum Gasteiger partial charge on any atom is -0.432 e. The van der Waals surface area contributed by atoms with E-state index in [2.05, 4.69) is 6.58 Å². The monoisotopic (exact) mass is 130 g/mol. The third-order valence-corrected chi connectivity index (χ3v) is 2.20. The molecule has 0 aromatic carbocycles. The highest BCUT2D eigenvalue weighted by atomic mass is 28.4. The Morgan fingerprint density at radius 1 is 1.62 bits per heavy atom. The molecule has 0 fully saturated rings. The van der Waals surface area contributed by atoms with Crippen LogP contribution in [-0.2, 0) is 0 Å². The topological polar surface area (TPSA) is 20.2 Å². The van der Waals surface area contributed by atoms with Gasteiger partial charge in [0.2, 0.25) is 0 Å². The van der Waals surface area contributed by atoms with E-state index in [4.69, 9.17) is 0 Å². The average Bonchev–Trinajstić information content (AvgIpc) is 1.21. The highest BCUT2D eigenvalue weighted by Crippen LogP contribution is 2.09. The molecule has 0 rings (SSSR count). The van der Waals surface area contributed by atoms with Crippen LogP contribution in [0.4, 0.5) is 0 Å². The second-order valence-electron chi connectivity index (χ2n) is 2.95. The van der Waals surface area contributed by atoms with Gasteiger partial charge in [0.25, 0.3) is 0 Å². The smallest absolute Gasteiger partial charge is 0.186 e. The summed E-state index contributed by atoms with van der Waals surface area (Å²) in [6.07, 6.45) is 0. The molecule has 0 aliphatic rings. The fraction of sp³-hybridized carbons (Fsp3) is 0.667. The van der Waals surface area contributed by atoms with Crippen LogP contribution in [0.1, 0.15) is 6.92 Å². The first-order valence-corrected chi connectivity index (χ1v) is 5.94. The molecule has 0 spiro atoms. The van der Waals surface area contributed by atoms with Gasteiger partial charge >= 0.3 is 0 Å². The third-order valence-electron chi connectivity index (χ3n) is 0.734. The molecule has 48 valence electrons. The molecule has 1 N–H and O–H groups in total. The van der Waals surface area contributed by atoms with Crippen LogP contribution in [0.5, 0.6) is 0 Å². The number of hydrogen-bond donors (Lipinski definition) is 1. The predicted molar refractivity (Wildman–Crippen MR) is 39.3 cm³/mol. The molecule has 0 aliphatic heterocycles. The molecular weight excluding hydrogens is 116 g/mol. The highest BCUT2D eigenvalue weighted by molar-refractivity contribution is 6.70. The molecule has 0 radical (unpaired) electrons. The summed E-state index contributed by atoms with van der Waals surface area (Å²) in [5.41, 5.74) is 1.09. The number of hydrogen-bond acceptors (Lipinski definition) is 1. The lowest BCUT2D eigenvalue weighted by Gasteiger charge is -2.12. The Balaban J connectivity index is 3.55. The summed E-state index contributed by atoms with van der Waals surface area (Å²) in [6.45, 7) is 9.50. The van der Waals surface area contributed by atoms with Crippen molar-refractivity contribution < 1.29 is 4.80 Å². The van der Waals surface area contributed by atoms with E-state index in [1.165, 1.54) is 0 Å². The first-order chi connectivity index (χ1) is 3.42. The summed E-state index contributed by atoms with van der Waals surface area (Å²) in [7, 11) is -1.82. The largest absolute Gasteiger partial charge is 0.432 e. The molecule has 0 unspecified atom stereocenters. The molecule has 0 aromatic rings. The quantitative estimate of drug-likeness (QED) is 0.446. The van der Waals surface area contributed by atoms with Gasteiger partial charge in [0, 0.05) is 0 Å². The molecule has 0 aliphatic carbocycles. The zero-order valence-corrected chi connectivity index (χ0v) is 6.86. The molecule has 2 heteroatoms. The van der Waals surface area contributed by atoms with Gasteiger partial charge in [-0.25, -0.2) is 0 Å². The normalized spacial score (nSPS) is 11.5. The van der Waals surface area contributed by atoms with Crippen molar-refractivity contribution in [3.8, 4) is 0 Å². The lowest BCUT2D eigenvalue weighted by Crippen LogP contribution is -2.24. The standard InChI is InChI=1S/C6H14OSi/c1-6(2)5-8(3,4)7/h7H,1,5H2,2-4H3. The Kier molecular flexibility index (Phi) is 2.44. The zero-order chi connectivity index (χ0) is 6.78. The van der Waals surface area contributed by atoms with Gasteiger partial charge in [0.1, 0.15) is 0 Å². The van der Waals surface area contributed by atoms with Crippen LogP contribution in [0.2, 0.25) is 19.1 Å². The second kappa shape index (κ2) is 2.46. The van der Waals surface area contributed by atoms with E-state index in [-0.39, 0.29) is 0 Å². The Labute approximate surface area is 52.2 Å². The summed E-state index contributed by atoms with van der Waals surface area (Å²) >= 11 is 0. The fourth-order valence-electron chi connectivity index (χ4n) is 0.739. The van der Waals surface area contributed by atoms with Crippen LogP contribution >= 0.6 is 0 Å². The van der Waals surface area contributed by atoms with Crippen molar-refractivity contribution in [2.45, 2.75) is 26.1 Å². The fourth-order valence-corrected chi connectivity index (χ4v) is 2.22. The van der Waals surface area contributed by atoms with E-state index in [0.717, 1.165) is 11.6 Å². The van der Waals surface area contributed by atoms with Gasteiger partial charge in [-0.2, -0.15) is 0 Å². The third kappa shape index (κ3) is 5.92. The average molecular weight is 130 g/mol. The van der Waals surface area contributed by atoms with Gasteiger partial charge in [0.05, 0.1) is 0 Å². The summed E-state index contributed by atoms with van der Waals surface area (Å²) in [5, 5.41) is 0. The molecule has 1 nitrogen and oxygen atoms in total. The van der Waals surface area contributed by atoms with Crippen LogP contribution in [0, 0.1) is 0 Å². The van der Waals surface area contributed by atoms with Crippen LogP contribution in [0.15, 0.2) is 12.2 Å². The van der Waals surface area contributed by atoms with Gasteiger partial charge in [-0.15, -0.1) is 6.58 Å². The summed E-state index contributed by atoms with van der Waals surface area (Å²) in [4.78, 5) is 9.27. The van der Waals surface area contributed by atoms with Crippen LogP contribution < -0.4 is 0 Å². The predicted octanol–water partition coefficient (Wildman–Crippen LogP) is 1.76. The SMILES string of the molecule is C=C(C)C[Si](C)(C)O. The lowest BCUT2D eigenvalue weighted by atomic mass is 10.4. The van der Waals surface area contributed by atoms with Crippen molar-refractivity contribution in [2.24, 2.45) is 0 Å². The van der Waals surface area contributed by atoms with Crippen LogP contribution in [0.25, 0.3) is 0 Å². The van der Waals surface area contributed by atoms with Crippen molar-refractivity contribution in [1.29, 1.82) is 0 Å². The van der Waals surface area contributed by atoms with Crippen molar-refractivity contribution in [1.82, 2.24) is 0 Å². The van der Waals surface area contributed by atoms with Crippen LogP contribution in [0.3, 0.4) is 0 Å². The van der Waals surface area contributed by atoms with Gasteiger partial charge in [0.15, 0.2) is 8.32 Å². The summed E-state index contributed by atoms with van der Waals surface area (Å²) in [6, 6.07) is 0.826. The molecule has 0 heterocycles. The summed E-state index contributed by atoms with van der Waals surface area (Å²) < 4.78 is 0. The lowest BCUT2D eigenvalue weighted by molar-refractivity contribution is 0.553. The molecule has 0 aromatic heterocycles. The Morgan fingerprint density at radius 2 is 2.00 bits per heavy atom. The van der Waals surface area contributed by atoms with E-state index in [1.807, 2.05) is 20.0 Å². The zero-order valence-electron chi connectivity index (χ0n) is 5.86. The van der Waals surface area contributed by atoms with Crippen molar-refractivity contribution >= 4 is 8.32 Å². The van der Waals surface area contributed by atoms with E-state index in [9.17, 15) is 4.80 Å². The first kappa shape index (κ1) is 7.92.